The Kier molecular flexibility index (Phi) is 4.68. The van der Waals surface area contributed by atoms with Crippen molar-refractivity contribution in [1.29, 1.82) is 0 Å². The third-order valence-electron chi connectivity index (χ3n) is 2.85. The second kappa shape index (κ2) is 6.29. The van der Waals surface area contributed by atoms with Crippen molar-refractivity contribution in [1.82, 2.24) is 0 Å². The van der Waals surface area contributed by atoms with Crippen LogP contribution in [0.15, 0.2) is 46.9 Å². The molecule has 2 aromatic rings. The highest BCUT2D eigenvalue weighted by Crippen LogP contribution is 2.24. The standard InChI is InChI=1S/C15H13BrClNO2/c1-18(13-4-3-5-14(9-13)20-2)15(19)10-6-11(16)8-12(17)7-10/h3-9H,1-2H3. The molecule has 3 nitrogen and oxygen atoms in total. The van der Waals surface area contributed by atoms with E-state index < -0.39 is 0 Å². The summed E-state index contributed by atoms with van der Waals surface area (Å²) in [7, 11) is 3.31. The molecule has 0 heterocycles. The SMILES string of the molecule is COc1cccc(N(C)C(=O)c2cc(Cl)cc(Br)c2)c1. The normalized spacial score (nSPS) is 10.2. The quantitative estimate of drug-likeness (QED) is 0.818. The molecule has 0 aliphatic rings. The van der Waals surface area contributed by atoms with Gasteiger partial charge in [-0.05, 0) is 30.3 Å². The van der Waals surface area contributed by atoms with Gasteiger partial charge in [0.1, 0.15) is 5.75 Å². The number of hydrogen-bond donors (Lipinski definition) is 0. The number of hydrogen-bond acceptors (Lipinski definition) is 2. The summed E-state index contributed by atoms with van der Waals surface area (Å²) in [4.78, 5) is 14.0. The van der Waals surface area contributed by atoms with Crippen LogP contribution in [-0.2, 0) is 0 Å². The number of nitrogens with zero attached hydrogens (tertiary/aromatic N) is 1. The second-order valence-electron chi connectivity index (χ2n) is 4.22. The number of benzene rings is 2. The summed E-state index contributed by atoms with van der Waals surface area (Å²) in [6.07, 6.45) is 0. The van der Waals surface area contributed by atoms with Crippen molar-refractivity contribution >= 4 is 39.1 Å². The topological polar surface area (TPSA) is 29.5 Å². The number of methoxy groups -OCH3 is 1. The lowest BCUT2D eigenvalue weighted by atomic mass is 10.2. The van der Waals surface area contributed by atoms with E-state index in [1.54, 1.807) is 43.3 Å². The molecular formula is C15H13BrClNO2. The van der Waals surface area contributed by atoms with Crippen molar-refractivity contribution in [2.45, 2.75) is 0 Å². The van der Waals surface area contributed by atoms with Gasteiger partial charge in [0, 0.05) is 33.9 Å². The summed E-state index contributed by atoms with van der Waals surface area (Å²) in [6, 6.07) is 12.4. The van der Waals surface area contributed by atoms with Crippen molar-refractivity contribution < 1.29 is 9.53 Å². The minimum atomic E-state index is -0.138. The van der Waals surface area contributed by atoms with Crippen molar-refractivity contribution in [3.8, 4) is 5.75 Å². The minimum absolute atomic E-state index is 0.138. The van der Waals surface area contributed by atoms with Crippen LogP contribution < -0.4 is 9.64 Å². The van der Waals surface area contributed by atoms with Crippen molar-refractivity contribution in [2.75, 3.05) is 19.1 Å². The van der Waals surface area contributed by atoms with Gasteiger partial charge < -0.3 is 9.64 Å². The van der Waals surface area contributed by atoms with Crippen molar-refractivity contribution in [3.63, 3.8) is 0 Å². The zero-order chi connectivity index (χ0) is 14.7. The van der Waals surface area contributed by atoms with Crippen molar-refractivity contribution in [3.05, 3.63) is 57.5 Å². The summed E-state index contributed by atoms with van der Waals surface area (Å²) in [5.41, 5.74) is 1.28. The first-order chi connectivity index (χ1) is 9.51. The zero-order valence-corrected chi connectivity index (χ0v) is 13.4. The number of carbonyl (C=O) groups is 1. The van der Waals surface area contributed by atoms with E-state index in [1.165, 1.54) is 0 Å². The van der Waals surface area contributed by atoms with Crippen LogP contribution in [0.25, 0.3) is 0 Å². The number of anilines is 1. The molecule has 0 radical (unpaired) electrons. The van der Waals surface area contributed by atoms with E-state index in [9.17, 15) is 4.79 Å². The molecule has 0 saturated heterocycles. The molecule has 0 fully saturated rings. The molecule has 0 atom stereocenters. The molecule has 0 saturated carbocycles. The molecule has 0 aliphatic carbocycles. The number of amides is 1. The number of carbonyl (C=O) groups excluding carboxylic acids is 1. The lowest BCUT2D eigenvalue weighted by Crippen LogP contribution is -2.26. The molecule has 0 aromatic heterocycles. The lowest BCUT2D eigenvalue weighted by molar-refractivity contribution is 0.0993. The highest BCUT2D eigenvalue weighted by atomic mass is 79.9. The molecule has 104 valence electrons. The molecule has 0 spiro atoms. The smallest absolute Gasteiger partial charge is 0.258 e. The van der Waals surface area contributed by atoms with Crippen LogP contribution >= 0.6 is 27.5 Å². The molecule has 2 aromatic carbocycles. The van der Waals surface area contributed by atoms with Crippen LogP contribution in [0.4, 0.5) is 5.69 Å². The third kappa shape index (κ3) is 3.32. The van der Waals surface area contributed by atoms with E-state index in [0.717, 1.165) is 10.2 Å². The maximum absolute atomic E-state index is 12.5. The maximum Gasteiger partial charge on any atom is 0.258 e. The van der Waals surface area contributed by atoms with E-state index in [2.05, 4.69) is 15.9 Å². The molecule has 20 heavy (non-hydrogen) atoms. The summed E-state index contributed by atoms with van der Waals surface area (Å²) in [6.45, 7) is 0. The minimum Gasteiger partial charge on any atom is -0.497 e. The summed E-state index contributed by atoms with van der Waals surface area (Å²) >= 11 is 9.31. The van der Waals surface area contributed by atoms with E-state index in [-0.39, 0.29) is 5.91 Å². The first kappa shape index (κ1) is 14.9. The van der Waals surface area contributed by atoms with Gasteiger partial charge in [0.15, 0.2) is 0 Å². The van der Waals surface area contributed by atoms with Crippen LogP contribution in [-0.4, -0.2) is 20.1 Å². The van der Waals surface area contributed by atoms with Crippen molar-refractivity contribution in [2.24, 2.45) is 0 Å². The summed E-state index contributed by atoms with van der Waals surface area (Å²) < 4.78 is 5.93. The van der Waals surface area contributed by atoms with Gasteiger partial charge in [-0.1, -0.05) is 33.6 Å². The molecule has 1 amide bonds. The first-order valence-electron chi connectivity index (χ1n) is 5.89. The fourth-order valence-electron chi connectivity index (χ4n) is 1.81. The van der Waals surface area contributed by atoms with Gasteiger partial charge in [-0.2, -0.15) is 0 Å². The van der Waals surface area contributed by atoms with E-state index in [0.29, 0.717) is 16.3 Å². The fourth-order valence-corrected chi connectivity index (χ4v) is 2.67. The predicted octanol–water partition coefficient (Wildman–Crippen LogP) is 4.39. The summed E-state index contributed by atoms with van der Waals surface area (Å²) in [5, 5.41) is 0.516. The lowest BCUT2D eigenvalue weighted by Gasteiger charge is -2.18. The van der Waals surface area contributed by atoms with Gasteiger partial charge in [0.2, 0.25) is 0 Å². The Hall–Kier alpha value is -1.52. The maximum atomic E-state index is 12.5. The Balaban J connectivity index is 2.31. The highest BCUT2D eigenvalue weighted by Gasteiger charge is 2.15. The number of halogens is 2. The average Bonchev–Trinajstić information content (AvgIpc) is 2.44. The van der Waals surface area contributed by atoms with Gasteiger partial charge in [-0.25, -0.2) is 0 Å². The predicted molar refractivity (Wildman–Crippen MR) is 84.9 cm³/mol. The number of rotatable bonds is 3. The van der Waals surface area contributed by atoms with Gasteiger partial charge in [0.25, 0.3) is 5.91 Å². The van der Waals surface area contributed by atoms with Crippen LogP contribution in [0, 0.1) is 0 Å². The van der Waals surface area contributed by atoms with Crippen LogP contribution in [0.1, 0.15) is 10.4 Å². The molecule has 2 rings (SSSR count). The van der Waals surface area contributed by atoms with Crippen LogP contribution in [0.3, 0.4) is 0 Å². The van der Waals surface area contributed by atoms with E-state index in [4.69, 9.17) is 16.3 Å². The second-order valence-corrected chi connectivity index (χ2v) is 5.58. The van der Waals surface area contributed by atoms with E-state index in [1.807, 2.05) is 18.2 Å². The Labute approximate surface area is 131 Å². The molecule has 0 bridgehead atoms. The summed E-state index contributed by atoms with van der Waals surface area (Å²) in [5.74, 6) is 0.566. The highest BCUT2D eigenvalue weighted by molar-refractivity contribution is 9.10. The third-order valence-corrected chi connectivity index (χ3v) is 3.53. The molecule has 5 heteroatoms. The number of ether oxygens (including phenoxy) is 1. The van der Waals surface area contributed by atoms with E-state index >= 15 is 0 Å². The van der Waals surface area contributed by atoms with Gasteiger partial charge >= 0.3 is 0 Å². The van der Waals surface area contributed by atoms with Gasteiger partial charge in [-0.15, -0.1) is 0 Å². The molecular weight excluding hydrogens is 342 g/mol. The first-order valence-corrected chi connectivity index (χ1v) is 7.06. The van der Waals surface area contributed by atoms with Gasteiger partial charge in [-0.3, -0.25) is 4.79 Å². The Morgan fingerprint density at radius 3 is 2.65 bits per heavy atom. The Bertz CT molecular complexity index is 625. The Morgan fingerprint density at radius 1 is 1.25 bits per heavy atom. The molecule has 0 N–H and O–H groups in total. The average molecular weight is 355 g/mol. The van der Waals surface area contributed by atoms with Crippen LogP contribution in [0.5, 0.6) is 5.75 Å². The zero-order valence-electron chi connectivity index (χ0n) is 11.1. The molecule has 0 unspecified atom stereocenters. The fraction of sp³-hybridized carbons (Fsp3) is 0.133. The molecule has 0 aliphatic heterocycles. The largest absolute Gasteiger partial charge is 0.497 e. The van der Waals surface area contributed by atoms with Crippen LogP contribution in [0.2, 0.25) is 5.02 Å². The monoisotopic (exact) mass is 353 g/mol. The Morgan fingerprint density at radius 2 is 2.00 bits per heavy atom. The van der Waals surface area contributed by atoms with Gasteiger partial charge in [0.05, 0.1) is 7.11 Å².